The Hall–Kier alpha value is -6.01. The van der Waals surface area contributed by atoms with Gasteiger partial charge in [-0.3, -0.25) is 9.97 Å². The first kappa shape index (κ1) is 30.8. The molecule has 0 spiro atoms. The van der Waals surface area contributed by atoms with Gasteiger partial charge >= 0.3 is 0 Å². The Balaban J connectivity index is 1.18. The molecule has 4 aromatic carbocycles. The van der Waals surface area contributed by atoms with Crippen LogP contribution in [0.15, 0.2) is 120 Å². The Kier molecular flexibility index (Phi) is 6.23. The SMILES string of the molecule is CC1(C)c2ccccc2-c2ccc(-c3nc(-c4ccccn4)nc(-c4cncc5c4oc4cc6c(cc45)C(C)(C(C)(C)C)c4ccccc4-6)n3)cc21. The van der Waals surface area contributed by atoms with Crippen LogP contribution in [0.4, 0.5) is 0 Å². The zero-order valence-corrected chi connectivity index (χ0v) is 30.1. The molecule has 52 heavy (non-hydrogen) atoms. The van der Waals surface area contributed by atoms with E-state index in [1.54, 1.807) is 12.4 Å². The molecule has 8 aromatic rings. The van der Waals surface area contributed by atoms with Crippen LogP contribution in [0.1, 0.15) is 63.8 Å². The number of hydrogen-bond acceptors (Lipinski definition) is 6. The lowest BCUT2D eigenvalue weighted by molar-refractivity contribution is 0.255. The average molecular weight is 676 g/mol. The van der Waals surface area contributed by atoms with E-state index in [9.17, 15) is 0 Å². The normalized spacial score (nSPS) is 16.9. The zero-order chi connectivity index (χ0) is 35.6. The molecular weight excluding hydrogens is 639 g/mol. The second-order valence-electron chi connectivity index (χ2n) is 15.9. The highest BCUT2D eigenvalue weighted by atomic mass is 16.3. The van der Waals surface area contributed by atoms with Crippen LogP contribution in [0.3, 0.4) is 0 Å². The molecule has 2 aliphatic carbocycles. The van der Waals surface area contributed by atoms with Gasteiger partial charge < -0.3 is 4.42 Å². The van der Waals surface area contributed by atoms with Crippen LogP contribution in [-0.4, -0.2) is 24.9 Å². The van der Waals surface area contributed by atoms with E-state index in [1.165, 1.54) is 44.5 Å². The number of rotatable bonds is 3. The summed E-state index contributed by atoms with van der Waals surface area (Å²) in [5, 5.41) is 1.96. The van der Waals surface area contributed by atoms with Crippen LogP contribution in [-0.2, 0) is 10.8 Å². The smallest absolute Gasteiger partial charge is 0.182 e. The van der Waals surface area contributed by atoms with Gasteiger partial charge in [-0.05, 0) is 80.3 Å². The molecular formula is C46H37N5O. The lowest BCUT2D eigenvalue weighted by Crippen LogP contribution is -2.36. The first-order valence-corrected chi connectivity index (χ1v) is 17.9. The summed E-state index contributed by atoms with van der Waals surface area (Å²) in [5.74, 6) is 1.56. The van der Waals surface area contributed by atoms with Crippen LogP contribution in [0, 0.1) is 5.41 Å². The van der Waals surface area contributed by atoms with Crippen LogP contribution < -0.4 is 0 Å². The van der Waals surface area contributed by atoms with E-state index in [4.69, 9.17) is 24.4 Å². The van der Waals surface area contributed by atoms with Crippen molar-refractivity contribution in [3.05, 3.63) is 138 Å². The van der Waals surface area contributed by atoms with Gasteiger partial charge in [-0.2, -0.15) is 0 Å². The van der Waals surface area contributed by atoms with Crippen molar-refractivity contribution in [1.29, 1.82) is 0 Å². The van der Waals surface area contributed by atoms with Crippen molar-refractivity contribution >= 4 is 21.9 Å². The fourth-order valence-corrected chi connectivity index (χ4v) is 8.72. The number of fused-ring (bicyclic) bond motifs is 9. The molecule has 0 saturated heterocycles. The van der Waals surface area contributed by atoms with Crippen LogP contribution in [0.25, 0.3) is 78.5 Å². The Labute approximate surface area is 302 Å². The summed E-state index contributed by atoms with van der Waals surface area (Å²) in [6, 6.07) is 34.3. The second kappa shape index (κ2) is 10.5. The molecule has 0 saturated carbocycles. The third-order valence-electron chi connectivity index (χ3n) is 11.9. The van der Waals surface area contributed by atoms with E-state index in [2.05, 4.69) is 125 Å². The van der Waals surface area contributed by atoms with Crippen LogP contribution in [0.5, 0.6) is 0 Å². The van der Waals surface area contributed by atoms with E-state index >= 15 is 0 Å². The number of hydrogen-bond donors (Lipinski definition) is 0. The van der Waals surface area contributed by atoms with Gasteiger partial charge in [-0.15, -0.1) is 0 Å². The molecule has 1 atom stereocenters. The maximum Gasteiger partial charge on any atom is 0.182 e. The summed E-state index contributed by atoms with van der Waals surface area (Å²) in [7, 11) is 0. The number of benzene rings is 4. The summed E-state index contributed by atoms with van der Waals surface area (Å²) in [6.45, 7) is 13.9. The van der Waals surface area contributed by atoms with E-state index in [0.717, 1.165) is 21.9 Å². The van der Waals surface area contributed by atoms with Crippen molar-refractivity contribution in [2.24, 2.45) is 5.41 Å². The monoisotopic (exact) mass is 675 g/mol. The predicted octanol–water partition coefficient (Wildman–Crippen LogP) is 11.2. The van der Waals surface area contributed by atoms with Crippen LogP contribution >= 0.6 is 0 Å². The standard InChI is InChI=1S/C46H37N5O/c1-44(2,3)46(6)35-16-10-8-14-28(35)30-23-39-31(22-37(30)46)32-24-47-25-33(40(32)52-39)42-49-41(50-43(51-42)38-17-11-12-20-48-38)26-18-19-29-27-13-7-9-15-34(27)45(4,5)36(29)21-26/h7-25H,1-6H3. The first-order chi connectivity index (χ1) is 25.0. The summed E-state index contributed by atoms with van der Waals surface area (Å²) < 4.78 is 6.79. The minimum atomic E-state index is -0.186. The minimum Gasteiger partial charge on any atom is -0.455 e. The minimum absolute atomic E-state index is 0.0241. The maximum atomic E-state index is 6.79. The predicted molar refractivity (Wildman–Crippen MR) is 208 cm³/mol. The van der Waals surface area contributed by atoms with Gasteiger partial charge in [-0.1, -0.05) is 108 Å². The quantitative estimate of drug-likeness (QED) is 0.185. The molecule has 6 heteroatoms. The van der Waals surface area contributed by atoms with Crippen molar-refractivity contribution in [2.75, 3.05) is 0 Å². The molecule has 4 heterocycles. The molecule has 0 bridgehead atoms. The van der Waals surface area contributed by atoms with Crippen molar-refractivity contribution < 1.29 is 4.42 Å². The molecule has 6 nitrogen and oxygen atoms in total. The topological polar surface area (TPSA) is 77.6 Å². The summed E-state index contributed by atoms with van der Waals surface area (Å²) in [6.07, 6.45) is 5.46. The van der Waals surface area contributed by atoms with Gasteiger partial charge in [-0.25, -0.2) is 15.0 Å². The van der Waals surface area contributed by atoms with Crippen LogP contribution in [0.2, 0.25) is 0 Å². The Morgan fingerprint density at radius 3 is 2.02 bits per heavy atom. The van der Waals surface area contributed by atoms with Gasteiger partial charge in [0.15, 0.2) is 17.5 Å². The summed E-state index contributed by atoms with van der Waals surface area (Å²) in [4.78, 5) is 24.5. The van der Waals surface area contributed by atoms with Gasteiger partial charge in [0.2, 0.25) is 0 Å². The fraction of sp³-hybridized carbons (Fsp3) is 0.196. The Morgan fingerprint density at radius 2 is 1.25 bits per heavy atom. The zero-order valence-electron chi connectivity index (χ0n) is 30.1. The molecule has 0 radical (unpaired) electrons. The third-order valence-corrected chi connectivity index (χ3v) is 11.9. The maximum absolute atomic E-state index is 6.79. The molecule has 10 rings (SSSR count). The number of furan rings is 1. The largest absolute Gasteiger partial charge is 0.455 e. The number of aromatic nitrogens is 5. The lowest BCUT2D eigenvalue weighted by Gasteiger charge is -2.41. The molecule has 0 N–H and O–H groups in total. The highest BCUT2D eigenvalue weighted by Gasteiger charge is 2.47. The van der Waals surface area contributed by atoms with Gasteiger partial charge in [0.05, 0.1) is 5.56 Å². The molecule has 0 amide bonds. The molecule has 4 aromatic heterocycles. The van der Waals surface area contributed by atoms with E-state index in [0.29, 0.717) is 34.3 Å². The Bertz CT molecular complexity index is 2770. The lowest BCUT2D eigenvalue weighted by atomic mass is 9.62. The van der Waals surface area contributed by atoms with E-state index < -0.39 is 0 Å². The Morgan fingerprint density at radius 1 is 0.558 bits per heavy atom. The molecule has 1 unspecified atom stereocenters. The van der Waals surface area contributed by atoms with Crippen molar-refractivity contribution in [2.45, 2.75) is 52.4 Å². The molecule has 0 fully saturated rings. The van der Waals surface area contributed by atoms with Gasteiger partial charge in [0.25, 0.3) is 0 Å². The first-order valence-electron chi connectivity index (χ1n) is 17.9. The molecule has 252 valence electrons. The van der Waals surface area contributed by atoms with Gasteiger partial charge in [0, 0.05) is 45.8 Å². The molecule has 2 aliphatic rings. The van der Waals surface area contributed by atoms with E-state index in [1.807, 2.05) is 24.4 Å². The number of nitrogens with zero attached hydrogens (tertiary/aromatic N) is 5. The summed E-state index contributed by atoms with van der Waals surface area (Å²) >= 11 is 0. The highest BCUT2D eigenvalue weighted by molar-refractivity contribution is 6.10. The summed E-state index contributed by atoms with van der Waals surface area (Å²) in [5.41, 5.74) is 13.7. The fourth-order valence-electron chi connectivity index (χ4n) is 8.72. The highest BCUT2D eigenvalue weighted by Crippen LogP contribution is 2.58. The van der Waals surface area contributed by atoms with Crippen molar-refractivity contribution in [3.63, 3.8) is 0 Å². The molecule has 0 aliphatic heterocycles. The van der Waals surface area contributed by atoms with Crippen molar-refractivity contribution in [1.82, 2.24) is 24.9 Å². The van der Waals surface area contributed by atoms with Gasteiger partial charge in [0.1, 0.15) is 16.9 Å². The average Bonchev–Trinajstić information content (AvgIpc) is 3.74. The number of pyridine rings is 2. The second-order valence-corrected chi connectivity index (χ2v) is 15.9. The third kappa shape index (κ3) is 4.15. The van der Waals surface area contributed by atoms with Crippen molar-refractivity contribution in [3.8, 4) is 56.5 Å². The van der Waals surface area contributed by atoms with E-state index in [-0.39, 0.29) is 16.2 Å².